The van der Waals surface area contributed by atoms with Crippen LogP contribution in [0, 0.1) is 0 Å². The molecule has 0 spiro atoms. The molecule has 4 nitrogen and oxygen atoms in total. The van der Waals surface area contributed by atoms with Crippen LogP contribution in [-0.2, 0) is 0 Å². The summed E-state index contributed by atoms with van der Waals surface area (Å²) in [4.78, 5) is 14.8. The predicted molar refractivity (Wildman–Crippen MR) is 47.3 cm³/mol. The molecule has 2 rings (SSSR count). The maximum Gasteiger partial charge on any atom is 0.316 e. The Morgan fingerprint density at radius 2 is 2.33 bits per heavy atom. The molecule has 0 unspecified atom stereocenters. The van der Waals surface area contributed by atoms with E-state index in [0.717, 1.165) is 11.3 Å². The van der Waals surface area contributed by atoms with E-state index in [1.54, 1.807) is 11.6 Å². The van der Waals surface area contributed by atoms with Gasteiger partial charge in [0, 0.05) is 11.6 Å². The van der Waals surface area contributed by atoms with Crippen molar-refractivity contribution < 1.29 is 5.11 Å². The minimum atomic E-state index is -0.220. The number of thiazole rings is 2. The van der Waals surface area contributed by atoms with Crippen LogP contribution in [0.5, 0.6) is 5.88 Å². The number of aromatic hydroxyl groups is 1. The summed E-state index contributed by atoms with van der Waals surface area (Å²) >= 11 is 2.26. The molecule has 0 aliphatic rings. The summed E-state index contributed by atoms with van der Waals surface area (Å²) in [7, 11) is 0. The molecule has 1 N–H and O–H groups in total. The van der Waals surface area contributed by atoms with Crippen LogP contribution in [0.1, 0.15) is 0 Å². The minimum Gasteiger partial charge on any atom is -0.493 e. The molecule has 0 bridgehead atoms. The monoisotopic (exact) mass is 200 g/mol. The van der Waals surface area contributed by atoms with Gasteiger partial charge >= 0.3 is 4.87 Å². The van der Waals surface area contributed by atoms with Gasteiger partial charge in [0.1, 0.15) is 0 Å². The van der Waals surface area contributed by atoms with E-state index in [0.29, 0.717) is 5.13 Å². The number of hydrogen-bond donors (Lipinski definition) is 1. The van der Waals surface area contributed by atoms with Crippen molar-refractivity contribution >= 4 is 22.7 Å². The van der Waals surface area contributed by atoms with Gasteiger partial charge in [-0.3, -0.25) is 4.79 Å². The Hall–Kier alpha value is -1.14. The molecule has 2 aromatic rings. The zero-order valence-electron chi connectivity index (χ0n) is 5.80. The van der Waals surface area contributed by atoms with Crippen LogP contribution in [0.2, 0.25) is 0 Å². The lowest BCUT2D eigenvalue weighted by atomic mass is 10.8. The Kier molecular flexibility index (Phi) is 1.70. The molecule has 0 aliphatic carbocycles. The minimum absolute atomic E-state index is 0.0556. The van der Waals surface area contributed by atoms with Crippen molar-refractivity contribution in [3.05, 3.63) is 26.6 Å². The Bertz CT molecular complexity index is 429. The first-order valence-corrected chi connectivity index (χ1v) is 4.84. The lowest BCUT2D eigenvalue weighted by molar-refractivity contribution is 0.441. The van der Waals surface area contributed by atoms with Gasteiger partial charge < -0.3 is 5.11 Å². The van der Waals surface area contributed by atoms with Gasteiger partial charge in [-0.15, -0.1) is 11.3 Å². The van der Waals surface area contributed by atoms with Gasteiger partial charge in [-0.1, -0.05) is 11.3 Å². The Labute approximate surface area is 75.4 Å². The van der Waals surface area contributed by atoms with Gasteiger partial charge in [-0.2, -0.15) is 0 Å². The van der Waals surface area contributed by atoms with Crippen LogP contribution in [-0.4, -0.2) is 14.7 Å². The summed E-state index contributed by atoms with van der Waals surface area (Å²) in [5.41, 5.74) is 0. The van der Waals surface area contributed by atoms with Crippen LogP contribution in [0.4, 0.5) is 0 Å². The third-order valence-electron chi connectivity index (χ3n) is 1.29. The van der Waals surface area contributed by atoms with Crippen molar-refractivity contribution in [2.24, 2.45) is 0 Å². The highest BCUT2D eigenvalue weighted by atomic mass is 32.1. The van der Waals surface area contributed by atoms with Crippen molar-refractivity contribution in [1.82, 2.24) is 9.55 Å². The van der Waals surface area contributed by atoms with E-state index in [4.69, 9.17) is 0 Å². The average Bonchev–Trinajstić information content (AvgIpc) is 2.61. The normalized spacial score (nSPS) is 10.3. The molecule has 0 fully saturated rings. The van der Waals surface area contributed by atoms with Crippen molar-refractivity contribution in [3.63, 3.8) is 0 Å². The van der Waals surface area contributed by atoms with E-state index < -0.39 is 0 Å². The van der Waals surface area contributed by atoms with Crippen LogP contribution < -0.4 is 4.87 Å². The first-order valence-electron chi connectivity index (χ1n) is 3.08. The maximum atomic E-state index is 11.1. The van der Waals surface area contributed by atoms with Gasteiger partial charge in [0.25, 0.3) is 0 Å². The molecule has 0 aliphatic heterocycles. The highest BCUT2D eigenvalue weighted by molar-refractivity contribution is 7.12. The Morgan fingerprint density at radius 3 is 2.83 bits per heavy atom. The first kappa shape index (κ1) is 7.51. The zero-order valence-corrected chi connectivity index (χ0v) is 7.43. The fourth-order valence-electron chi connectivity index (χ4n) is 0.804. The second-order valence-corrected chi connectivity index (χ2v) is 3.70. The molecule has 12 heavy (non-hydrogen) atoms. The van der Waals surface area contributed by atoms with E-state index in [2.05, 4.69) is 4.98 Å². The molecule has 0 radical (unpaired) electrons. The van der Waals surface area contributed by atoms with Crippen LogP contribution in [0.3, 0.4) is 0 Å². The van der Waals surface area contributed by atoms with E-state index in [-0.39, 0.29) is 10.8 Å². The average molecular weight is 200 g/mol. The highest BCUT2D eigenvalue weighted by Gasteiger charge is 2.08. The highest BCUT2D eigenvalue weighted by Crippen LogP contribution is 2.17. The molecular formula is C6H4N2O2S2. The van der Waals surface area contributed by atoms with E-state index in [1.807, 2.05) is 0 Å². The molecule has 2 heterocycles. The quantitative estimate of drug-likeness (QED) is 0.749. The van der Waals surface area contributed by atoms with Crippen LogP contribution in [0.25, 0.3) is 5.13 Å². The molecule has 2 aromatic heterocycles. The number of aromatic nitrogens is 2. The van der Waals surface area contributed by atoms with Crippen molar-refractivity contribution in [2.45, 2.75) is 0 Å². The van der Waals surface area contributed by atoms with Crippen molar-refractivity contribution in [2.75, 3.05) is 0 Å². The number of nitrogens with zero attached hydrogens (tertiary/aromatic N) is 2. The molecule has 0 saturated carbocycles. The van der Waals surface area contributed by atoms with Gasteiger partial charge in [0.15, 0.2) is 5.13 Å². The Balaban J connectivity index is 2.68. The molecular weight excluding hydrogens is 196 g/mol. The Morgan fingerprint density at radius 1 is 1.50 bits per heavy atom. The smallest absolute Gasteiger partial charge is 0.316 e. The van der Waals surface area contributed by atoms with E-state index in [9.17, 15) is 9.90 Å². The number of rotatable bonds is 1. The molecule has 62 valence electrons. The topological polar surface area (TPSA) is 55.1 Å². The van der Waals surface area contributed by atoms with E-state index >= 15 is 0 Å². The lowest BCUT2D eigenvalue weighted by Crippen LogP contribution is -2.09. The SMILES string of the molecule is O=c1scc(O)n1-c1nccs1. The van der Waals surface area contributed by atoms with Gasteiger partial charge in [-0.25, -0.2) is 9.55 Å². The second kappa shape index (κ2) is 2.72. The summed E-state index contributed by atoms with van der Waals surface area (Å²) < 4.78 is 1.18. The van der Waals surface area contributed by atoms with Gasteiger partial charge in [0.05, 0.1) is 5.38 Å². The third kappa shape index (κ3) is 1.05. The summed E-state index contributed by atoms with van der Waals surface area (Å²) in [5.74, 6) is -0.0556. The number of hydrogen-bond acceptors (Lipinski definition) is 5. The maximum absolute atomic E-state index is 11.1. The standard InChI is InChI=1S/C6H4N2O2S2/c9-4-3-12-6(10)8(4)5-7-1-2-11-5/h1-3,9H. The fraction of sp³-hybridized carbons (Fsp3) is 0. The van der Waals surface area contributed by atoms with Gasteiger partial charge in [-0.05, 0) is 0 Å². The largest absolute Gasteiger partial charge is 0.493 e. The summed E-state index contributed by atoms with van der Waals surface area (Å²) in [5, 5.41) is 12.9. The van der Waals surface area contributed by atoms with E-state index in [1.165, 1.54) is 21.3 Å². The second-order valence-electron chi connectivity index (χ2n) is 2.01. The van der Waals surface area contributed by atoms with Crippen molar-refractivity contribution in [1.29, 1.82) is 0 Å². The third-order valence-corrected chi connectivity index (χ3v) is 2.76. The molecule has 0 saturated heterocycles. The van der Waals surface area contributed by atoms with Crippen LogP contribution in [0.15, 0.2) is 21.8 Å². The fourth-order valence-corrected chi connectivity index (χ4v) is 2.11. The molecule has 0 aromatic carbocycles. The summed E-state index contributed by atoms with van der Waals surface area (Å²) in [6, 6.07) is 0. The van der Waals surface area contributed by atoms with Crippen molar-refractivity contribution in [3.8, 4) is 11.0 Å². The molecule has 0 amide bonds. The summed E-state index contributed by atoms with van der Waals surface area (Å²) in [6.45, 7) is 0. The molecule has 0 atom stereocenters. The lowest BCUT2D eigenvalue weighted by Gasteiger charge is -1.94. The summed E-state index contributed by atoms with van der Waals surface area (Å²) in [6.07, 6.45) is 1.59. The zero-order chi connectivity index (χ0) is 8.55. The first-order chi connectivity index (χ1) is 5.79. The molecule has 6 heteroatoms. The van der Waals surface area contributed by atoms with Gasteiger partial charge in [0.2, 0.25) is 5.88 Å². The predicted octanol–water partition coefficient (Wildman–Crippen LogP) is 1.06. The van der Waals surface area contributed by atoms with Crippen LogP contribution >= 0.6 is 22.7 Å².